The van der Waals surface area contributed by atoms with Gasteiger partial charge in [-0.15, -0.1) is 0 Å². The molecule has 0 amide bonds. The number of esters is 1. The molecule has 0 aliphatic rings. The second-order valence-corrected chi connectivity index (χ2v) is 5.18. The van der Waals surface area contributed by atoms with Crippen molar-refractivity contribution < 1.29 is 29.3 Å². The Kier molecular flexibility index (Phi) is 10.9. The minimum Gasteiger partial charge on any atom is -0.504 e. The molecule has 0 aliphatic carbocycles. The number of carboxylic acid groups (broad SMARTS) is 1. The molecule has 0 spiro atoms. The maximum Gasteiger partial charge on any atom is 0.333 e. The number of ether oxygens (including phenoxy) is 2. The second kappa shape index (κ2) is 12.4. The van der Waals surface area contributed by atoms with E-state index >= 15 is 0 Å². The van der Waals surface area contributed by atoms with E-state index in [1.807, 2.05) is 0 Å². The summed E-state index contributed by atoms with van der Waals surface area (Å²) in [6.07, 6.45) is 6.78. The number of phenolic OH excluding ortho intramolecular Hbond substituents is 1. The Morgan fingerprint density at radius 1 is 1.12 bits per heavy atom. The number of methoxy groups -OCH3 is 1. The molecule has 1 aromatic rings. The first-order valence-electron chi connectivity index (χ1n) is 7.96. The Balaban J connectivity index is 0.000000758. The zero-order chi connectivity index (χ0) is 20.1. The molecule has 2 N–H and O–H groups in total. The van der Waals surface area contributed by atoms with E-state index in [-0.39, 0.29) is 18.3 Å². The SMILES string of the molecule is CC=C(C)C(=O)O.CC=C(C)C(=O)OCC=Cc1ccc(O)c(OC)c1. The molecule has 6 nitrogen and oxygen atoms in total. The highest BCUT2D eigenvalue weighted by atomic mass is 16.5. The highest BCUT2D eigenvalue weighted by Gasteiger charge is 2.02. The molecule has 0 aromatic heterocycles. The number of aromatic hydroxyl groups is 1. The molecule has 0 saturated carbocycles. The van der Waals surface area contributed by atoms with Crippen LogP contribution in [0, 0.1) is 0 Å². The number of carboxylic acids is 1. The van der Waals surface area contributed by atoms with Gasteiger partial charge in [0, 0.05) is 11.1 Å². The lowest BCUT2D eigenvalue weighted by molar-refractivity contribution is -0.137. The van der Waals surface area contributed by atoms with Gasteiger partial charge in [-0.2, -0.15) is 0 Å². The van der Waals surface area contributed by atoms with Crippen LogP contribution < -0.4 is 4.74 Å². The quantitative estimate of drug-likeness (QED) is 0.588. The molecule has 0 heterocycles. The van der Waals surface area contributed by atoms with Gasteiger partial charge in [0.25, 0.3) is 0 Å². The summed E-state index contributed by atoms with van der Waals surface area (Å²) in [4.78, 5) is 21.2. The zero-order valence-electron chi connectivity index (χ0n) is 15.8. The predicted molar refractivity (Wildman–Crippen MR) is 101 cm³/mol. The lowest BCUT2D eigenvalue weighted by Crippen LogP contribution is -2.05. The summed E-state index contributed by atoms with van der Waals surface area (Å²) in [5, 5.41) is 17.6. The molecule has 1 aromatic carbocycles. The molecule has 0 unspecified atom stereocenters. The average molecular weight is 362 g/mol. The van der Waals surface area contributed by atoms with Gasteiger partial charge in [-0.05, 0) is 51.5 Å². The number of hydrogen-bond acceptors (Lipinski definition) is 5. The van der Waals surface area contributed by atoms with Crippen molar-refractivity contribution in [3.8, 4) is 11.5 Å². The summed E-state index contributed by atoms with van der Waals surface area (Å²) < 4.78 is 10.0. The summed E-state index contributed by atoms with van der Waals surface area (Å²) in [6, 6.07) is 4.99. The van der Waals surface area contributed by atoms with Gasteiger partial charge < -0.3 is 19.7 Å². The van der Waals surface area contributed by atoms with Crippen molar-refractivity contribution in [2.45, 2.75) is 27.7 Å². The highest BCUT2D eigenvalue weighted by Crippen LogP contribution is 2.26. The van der Waals surface area contributed by atoms with E-state index in [0.29, 0.717) is 16.9 Å². The minimum atomic E-state index is -0.845. The molecular weight excluding hydrogens is 336 g/mol. The largest absolute Gasteiger partial charge is 0.504 e. The molecule has 6 heteroatoms. The summed E-state index contributed by atoms with van der Waals surface area (Å²) in [6.45, 7) is 6.95. The number of carbonyl (C=O) groups excluding carboxylic acids is 1. The molecule has 0 aliphatic heterocycles. The van der Waals surface area contributed by atoms with Crippen LogP contribution in [-0.2, 0) is 14.3 Å². The first-order valence-corrected chi connectivity index (χ1v) is 7.96. The maximum atomic E-state index is 11.4. The lowest BCUT2D eigenvalue weighted by Gasteiger charge is -2.04. The van der Waals surface area contributed by atoms with E-state index in [4.69, 9.17) is 14.6 Å². The van der Waals surface area contributed by atoms with E-state index < -0.39 is 5.97 Å². The Hall–Kier alpha value is -3.02. The van der Waals surface area contributed by atoms with Crippen molar-refractivity contribution in [2.24, 2.45) is 0 Å². The van der Waals surface area contributed by atoms with Gasteiger partial charge in [0.1, 0.15) is 6.61 Å². The van der Waals surface area contributed by atoms with E-state index in [1.165, 1.54) is 7.11 Å². The van der Waals surface area contributed by atoms with Crippen LogP contribution in [0.15, 0.2) is 47.6 Å². The van der Waals surface area contributed by atoms with Crippen molar-refractivity contribution in [3.05, 3.63) is 53.1 Å². The predicted octanol–water partition coefficient (Wildman–Crippen LogP) is 3.96. The number of benzene rings is 1. The van der Waals surface area contributed by atoms with Crippen LogP contribution in [0.3, 0.4) is 0 Å². The number of hydrogen-bond donors (Lipinski definition) is 2. The Morgan fingerprint density at radius 3 is 2.19 bits per heavy atom. The average Bonchev–Trinajstić information content (AvgIpc) is 2.65. The lowest BCUT2D eigenvalue weighted by atomic mass is 10.2. The minimum absolute atomic E-state index is 0.0924. The third-order valence-electron chi connectivity index (χ3n) is 3.35. The van der Waals surface area contributed by atoms with Crippen molar-refractivity contribution in [1.82, 2.24) is 0 Å². The third-order valence-corrected chi connectivity index (χ3v) is 3.35. The number of aliphatic carboxylic acids is 1. The van der Waals surface area contributed by atoms with Gasteiger partial charge in [0.2, 0.25) is 0 Å². The van der Waals surface area contributed by atoms with Gasteiger partial charge in [0.05, 0.1) is 7.11 Å². The molecule has 1 rings (SSSR count). The normalized spacial score (nSPS) is 11.6. The van der Waals surface area contributed by atoms with Gasteiger partial charge in [-0.25, -0.2) is 9.59 Å². The summed E-state index contributed by atoms with van der Waals surface area (Å²) in [7, 11) is 1.49. The van der Waals surface area contributed by atoms with Crippen LogP contribution in [0.2, 0.25) is 0 Å². The number of phenols is 1. The molecule has 0 bridgehead atoms. The van der Waals surface area contributed by atoms with Crippen LogP contribution in [0.5, 0.6) is 11.5 Å². The molecule has 0 atom stereocenters. The molecule has 26 heavy (non-hydrogen) atoms. The van der Waals surface area contributed by atoms with Crippen molar-refractivity contribution in [3.63, 3.8) is 0 Å². The number of rotatable bonds is 6. The maximum absolute atomic E-state index is 11.4. The van der Waals surface area contributed by atoms with Crippen LogP contribution in [0.1, 0.15) is 33.3 Å². The molecule has 142 valence electrons. The zero-order valence-corrected chi connectivity index (χ0v) is 15.8. The van der Waals surface area contributed by atoms with Crippen molar-refractivity contribution >= 4 is 18.0 Å². The summed E-state index contributed by atoms with van der Waals surface area (Å²) >= 11 is 0. The smallest absolute Gasteiger partial charge is 0.333 e. The monoisotopic (exact) mass is 362 g/mol. The van der Waals surface area contributed by atoms with Crippen LogP contribution >= 0.6 is 0 Å². The molecule has 0 saturated heterocycles. The van der Waals surface area contributed by atoms with E-state index in [1.54, 1.807) is 70.2 Å². The van der Waals surface area contributed by atoms with Gasteiger partial charge >= 0.3 is 11.9 Å². The van der Waals surface area contributed by atoms with E-state index in [2.05, 4.69) is 0 Å². The Morgan fingerprint density at radius 2 is 1.73 bits per heavy atom. The first kappa shape index (κ1) is 23.0. The van der Waals surface area contributed by atoms with Gasteiger partial charge in [-0.1, -0.05) is 24.3 Å². The van der Waals surface area contributed by atoms with E-state index in [9.17, 15) is 14.7 Å². The van der Waals surface area contributed by atoms with Crippen molar-refractivity contribution in [1.29, 1.82) is 0 Å². The fourth-order valence-electron chi connectivity index (χ4n) is 1.46. The molecular formula is C20H26O6. The summed E-state index contributed by atoms with van der Waals surface area (Å²) in [5.74, 6) is -0.670. The standard InChI is InChI=1S/C15H18O4.C5H8O2/c1-4-11(2)15(17)19-9-5-6-12-7-8-13(16)14(10-12)18-3;1-3-4(2)5(6)7/h4-8,10,16H,9H2,1-3H3;3H,1-2H3,(H,6,7). The molecule has 0 radical (unpaired) electrons. The van der Waals surface area contributed by atoms with Gasteiger partial charge in [-0.3, -0.25) is 0 Å². The summed E-state index contributed by atoms with van der Waals surface area (Å²) in [5.41, 5.74) is 1.83. The van der Waals surface area contributed by atoms with Crippen LogP contribution in [0.25, 0.3) is 6.08 Å². The highest BCUT2D eigenvalue weighted by molar-refractivity contribution is 5.87. The Labute approximate surface area is 154 Å². The Bertz CT molecular complexity index is 698. The third kappa shape index (κ3) is 8.73. The fraction of sp³-hybridized carbons (Fsp3) is 0.300. The number of carbonyl (C=O) groups is 2. The van der Waals surface area contributed by atoms with E-state index in [0.717, 1.165) is 5.56 Å². The topological polar surface area (TPSA) is 93.1 Å². The van der Waals surface area contributed by atoms with Crippen molar-refractivity contribution in [2.75, 3.05) is 13.7 Å². The first-order chi connectivity index (χ1) is 12.3. The second-order valence-electron chi connectivity index (χ2n) is 5.18. The van der Waals surface area contributed by atoms with Gasteiger partial charge in [0.15, 0.2) is 11.5 Å². The fourth-order valence-corrected chi connectivity index (χ4v) is 1.46. The van der Waals surface area contributed by atoms with Crippen LogP contribution in [-0.4, -0.2) is 35.9 Å². The molecule has 0 fully saturated rings. The van der Waals surface area contributed by atoms with Crippen LogP contribution in [0.4, 0.5) is 0 Å². The number of allylic oxidation sites excluding steroid dienone is 2.